The van der Waals surface area contributed by atoms with Crippen molar-refractivity contribution < 1.29 is 27.6 Å². The highest BCUT2D eigenvalue weighted by molar-refractivity contribution is 5.96. The van der Waals surface area contributed by atoms with Crippen molar-refractivity contribution in [2.45, 2.75) is 38.3 Å². The molecule has 1 heterocycles. The Balaban J connectivity index is 1.50. The molecule has 1 aliphatic heterocycles. The van der Waals surface area contributed by atoms with Crippen LogP contribution < -0.4 is 5.32 Å². The zero-order chi connectivity index (χ0) is 21.7. The number of hydrogen-bond acceptors (Lipinski definition) is 3. The number of carbonyl (C=O) groups excluding carboxylic acids is 3. The minimum absolute atomic E-state index is 0.0468. The first-order valence-corrected chi connectivity index (χ1v) is 10.3. The van der Waals surface area contributed by atoms with Crippen molar-refractivity contribution in [1.82, 2.24) is 15.1 Å². The summed E-state index contributed by atoms with van der Waals surface area (Å²) in [7, 11) is 0. The van der Waals surface area contributed by atoms with Crippen molar-refractivity contribution in [3.8, 4) is 0 Å². The van der Waals surface area contributed by atoms with Gasteiger partial charge in [-0.05, 0) is 37.8 Å². The van der Waals surface area contributed by atoms with Crippen molar-refractivity contribution in [3.63, 3.8) is 0 Å². The maximum Gasteiger partial charge on any atom is 0.417 e. The van der Waals surface area contributed by atoms with Gasteiger partial charge in [0.15, 0.2) is 0 Å². The smallest absolute Gasteiger partial charge is 0.356 e. The molecule has 0 atom stereocenters. The molecule has 0 spiro atoms. The van der Waals surface area contributed by atoms with Gasteiger partial charge in [-0.2, -0.15) is 13.2 Å². The highest BCUT2D eigenvalue weighted by Crippen LogP contribution is 2.32. The van der Waals surface area contributed by atoms with Gasteiger partial charge in [0.25, 0.3) is 5.91 Å². The van der Waals surface area contributed by atoms with Gasteiger partial charge in [0, 0.05) is 45.1 Å². The van der Waals surface area contributed by atoms with Crippen LogP contribution in [0.4, 0.5) is 13.2 Å². The Bertz CT molecular complexity index is 793. The van der Waals surface area contributed by atoms with Gasteiger partial charge in [-0.3, -0.25) is 14.4 Å². The van der Waals surface area contributed by atoms with Crippen molar-refractivity contribution in [2.24, 2.45) is 5.92 Å². The van der Waals surface area contributed by atoms with E-state index in [4.69, 9.17) is 0 Å². The molecule has 1 aliphatic carbocycles. The molecule has 2 fully saturated rings. The highest BCUT2D eigenvalue weighted by Gasteiger charge is 2.36. The lowest BCUT2D eigenvalue weighted by Gasteiger charge is -2.23. The van der Waals surface area contributed by atoms with Crippen LogP contribution in [0.2, 0.25) is 0 Å². The maximum absolute atomic E-state index is 13.2. The van der Waals surface area contributed by atoms with Crippen molar-refractivity contribution >= 4 is 17.7 Å². The summed E-state index contributed by atoms with van der Waals surface area (Å²) in [5, 5.41) is 2.82. The molecule has 0 radical (unpaired) electrons. The zero-order valence-corrected chi connectivity index (χ0v) is 16.7. The van der Waals surface area contributed by atoms with E-state index < -0.39 is 17.6 Å². The first-order valence-electron chi connectivity index (χ1n) is 10.3. The van der Waals surface area contributed by atoms with Crippen LogP contribution in [0.15, 0.2) is 24.3 Å². The monoisotopic (exact) mass is 425 g/mol. The van der Waals surface area contributed by atoms with Crippen LogP contribution in [-0.2, 0) is 15.8 Å². The van der Waals surface area contributed by atoms with Crippen LogP contribution >= 0.6 is 0 Å². The van der Waals surface area contributed by atoms with E-state index in [0.29, 0.717) is 32.5 Å². The Morgan fingerprint density at radius 3 is 2.37 bits per heavy atom. The first kappa shape index (κ1) is 22.1. The molecule has 1 saturated carbocycles. The number of carbonyl (C=O) groups is 3. The van der Waals surface area contributed by atoms with Gasteiger partial charge in [0.2, 0.25) is 11.8 Å². The minimum Gasteiger partial charge on any atom is -0.356 e. The lowest BCUT2D eigenvalue weighted by molar-refractivity contribution is -0.138. The van der Waals surface area contributed by atoms with Crippen molar-refractivity contribution in [3.05, 3.63) is 35.4 Å². The van der Waals surface area contributed by atoms with Gasteiger partial charge in [0.05, 0.1) is 11.1 Å². The Morgan fingerprint density at radius 1 is 1.00 bits per heavy atom. The van der Waals surface area contributed by atoms with Gasteiger partial charge in [-0.1, -0.05) is 12.1 Å². The van der Waals surface area contributed by atoms with Crippen molar-refractivity contribution in [1.29, 1.82) is 0 Å². The molecule has 30 heavy (non-hydrogen) atoms. The van der Waals surface area contributed by atoms with Crippen LogP contribution in [0.3, 0.4) is 0 Å². The number of amides is 3. The van der Waals surface area contributed by atoms with Crippen LogP contribution in [0, 0.1) is 5.92 Å². The second kappa shape index (κ2) is 9.49. The van der Waals surface area contributed by atoms with Crippen LogP contribution in [0.25, 0.3) is 0 Å². The summed E-state index contributed by atoms with van der Waals surface area (Å²) < 4.78 is 39.7. The summed E-state index contributed by atoms with van der Waals surface area (Å²) in [6.07, 6.45) is -1.41. The Hall–Kier alpha value is -2.58. The fourth-order valence-corrected chi connectivity index (χ4v) is 3.56. The van der Waals surface area contributed by atoms with Gasteiger partial charge in [-0.25, -0.2) is 0 Å². The molecule has 1 aromatic rings. The normalized spacial score (nSPS) is 17.4. The van der Waals surface area contributed by atoms with E-state index in [9.17, 15) is 27.6 Å². The van der Waals surface area contributed by atoms with Gasteiger partial charge in [0.1, 0.15) is 0 Å². The number of halogens is 3. The molecule has 3 rings (SSSR count). The van der Waals surface area contributed by atoms with Gasteiger partial charge >= 0.3 is 6.18 Å². The molecule has 9 heteroatoms. The van der Waals surface area contributed by atoms with Gasteiger partial charge in [-0.15, -0.1) is 0 Å². The number of nitrogens with zero attached hydrogens (tertiary/aromatic N) is 2. The zero-order valence-electron chi connectivity index (χ0n) is 16.7. The van der Waals surface area contributed by atoms with Crippen molar-refractivity contribution in [2.75, 3.05) is 32.7 Å². The van der Waals surface area contributed by atoms with E-state index in [2.05, 4.69) is 5.32 Å². The second-order valence-corrected chi connectivity index (χ2v) is 7.74. The number of hydrogen-bond donors (Lipinski definition) is 1. The molecule has 1 N–H and O–H groups in total. The SMILES string of the molecule is O=C(NCCCC(=O)N1CCCN(C(=O)c2ccccc2C(F)(F)F)CC1)C1CC1. The molecule has 164 valence electrons. The molecule has 1 saturated heterocycles. The molecular weight excluding hydrogens is 399 g/mol. The lowest BCUT2D eigenvalue weighted by Crippen LogP contribution is -2.38. The fraction of sp³-hybridized carbons (Fsp3) is 0.571. The number of alkyl halides is 3. The third-order valence-corrected chi connectivity index (χ3v) is 5.41. The van der Waals surface area contributed by atoms with Crippen LogP contribution in [0.5, 0.6) is 0 Å². The molecule has 3 amide bonds. The Morgan fingerprint density at radius 2 is 1.67 bits per heavy atom. The van der Waals surface area contributed by atoms with E-state index in [1.807, 2.05) is 0 Å². The van der Waals surface area contributed by atoms with Crippen LogP contribution in [-0.4, -0.2) is 60.2 Å². The van der Waals surface area contributed by atoms with E-state index in [1.54, 1.807) is 4.90 Å². The summed E-state index contributed by atoms with van der Waals surface area (Å²) in [5.74, 6) is -0.552. The summed E-state index contributed by atoms with van der Waals surface area (Å²) >= 11 is 0. The quantitative estimate of drug-likeness (QED) is 0.713. The van der Waals surface area contributed by atoms with E-state index in [-0.39, 0.29) is 42.8 Å². The van der Waals surface area contributed by atoms with Gasteiger partial charge < -0.3 is 15.1 Å². The number of benzene rings is 1. The number of rotatable bonds is 6. The summed E-state index contributed by atoms with van der Waals surface area (Å²) in [5.41, 5.74) is -1.31. The molecule has 0 aromatic heterocycles. The average Bonchev–Trinajstić information content (AvgIpc) is 3.56. The third-order valence-electron chi connectivity index (χ3n) is 5.41. The highest BCUT2D eigenvalue weighted by atomic mass is 19.4. The topological polar surface area (TPSA) is 69.7 Å². The van der Waals surface area contributed by atoms with E-state index in [1.165, 1.54) is 23.1 Å². The standard InChI is InChI=1S/C21H26F3N3O3/c22-21(23,24)17-6-2-1-5-16(17)20(30)27-12-4-11-26(13-14-27)18(28)7-3-10-25-19(29)15-8-9-15/h1-2,5-6,15H,3-4,7-14H2,(H,25,29). The molecule has 0 bridgehead atoms. The predicted octanol–water partition coefficient (Wildman–Crippen LogP) is 2.69. The van der Waals surface area contributed by atoms with E-state index in [0.717, 1.165) is 18.9 Å². The third kappa shape index (κ3) is 5.73. The lowest BCUT2D eigenvalue weighted by atomic mass is 10.1. The molecular formula is C21H26F3N3O3. The maximum atomic E-state index is 13.2. The van der Waals surface area contributed by atoms with Crippen LogP contribution in [0.1, 0.15) is 48.0 Å². The van der Waals surface area contributed by atoms with E-state index >= 15 is 0 Å². The second-order valence-electron chi connectivity index (χ2n) is 7.74. The largest absolute Gasteiger partial charge is 0.417 e. The molecule has 6 nitrogen and oxygen atoms in total. The summed E-state index contributed by atoms with van der Waals surface area (Å²) in [4.78, 5) is 39.8. The summed E-state index contributed by atoms with van der Waals surface area (Å²) in [6.45, 7) is 1.68. The number of nitrogens with one attached hydrogen (secondary N) is 1. The Labute approximate surface area is 173 Å². The molecule has 1 aromatic carbocycles. The molecule has 2 aliphatic rings. The Kier molecular flexibility index (Phi) is 6.99. The average molecular weight is 425 g/mol. The first-order chi connectivity index (χ1) is 14.3. The predicted molar refractivity (Wildman–Crippen MR) is 104 cm³/mol. The fourth-order valence-electron chi connectivity index (χ4n) is 3.56. The summed E-state index contributed by atoms with van der Waals surface area (Å²) in [6, 6.07) is 4.77. The molecule has 0 unspecified atom stereocenters. The minimum atomic E-state index is -4.60.